The zero-order valence-electron chi connectivity index (χ0n) is 29.9. The van der Waals surface area contributed by atoms with Gasteiger partial charge in [0.15, 0.2) is 5.54 Å². The van der Waals surface area contributed by atoms with E-state index in [4.69, 9.17) is 20.1 Å². The van der Waals surface area contributed by atoms with Crippen molar-refractivity contribution in [3.05, 3.63) is 180 Å². The fraction of sp³-hybridized carbons (Fsp3) is 0.182. The van der Waals surface area contributed by atoms with E-state index in [1.165, 1.54) is 12.5 Å². The fourth-order valence-corrected chi connectivity index (χ4v) is 6.83. The molecule has 0 saturated heterocycles. The fourth-order valence-electron chi connectivity index (χ4n) is 6.83. The van der Waals surface area contributed by atoms with Gasteiger partial charge in [0.2, 0.25) is 5.82 Å². The minimum absolute atomic E-state index is 0.283. The second kappa shape index (κ2) is 16.2. The number of ether oxygens (including phenoxy) is 1. The van der Waals surface area contributed by atoms with Gasteiger partial charge in [-0.1, -0.05) is 153 Å². The number of carbonyl (C=O) groups is 1. The van der Waals surface area contributed by atoms with Gasteiger partial charge < -0.3 is 9.64 Å². The average molecular weight is 700 g/mol. The summed E-state index contributed by atoms with van der Waals surface area (Å²) in [7, 11) is 0. The van der Waals surface area contributed by atoms with Crippen LogP contribution in [0.5, 0.6) is 0 Å². The van der Waals surface area contributed by atoms with E-state index in [0.29, 0.717) is 23.8 Å². The Morgan fingerprint density at radius 2 is 1.32 bits per heavy atom. The molecule has 0 radical (unpaired) electrons. The first-order valence-corrected chi connectivity index (χ1v) is 18.0. The molecule has 0 fully saturated rings. The number of tetrazole rings is 1. The maximum Gasteiger partial charge on any atom is 0.343 e. The zero-order valence-corrected chi connectivity index (χ0v) is 29.9. The van der Waals surface area contributed by atoms with Crippen LogP contribution in [0.1, 0.15) is 59.3 Å². The normalized spacial score (nSPS) is 11.3. The van der Waals surface area contributed by atoms with Crippen molar-refractivity contribution < 1.29 is 9.53 Å². The molecule has 2 heterocycles. The summed E-state index contributed by atoms with van der Waals surface area (Å²) in [6.45, 7) is 5.53. The summed E-state index contributed by atoms with van der Waals surface area (Å²) in [5.41, 5.74) is 6.54. The lowest BCUT2D eigenvalue weighted by molar-refractivity contribution is 0.0526. The Labute approximate surface area is 310 Å². The van der Waals surface area contributed by atoms with Crippen molar-refractivity contribution in [1.29, 1.82) is 0 Å². The maximum atomic E-state index is 12.8. The van der Waals surface area contributed by atoms with Gasteiger partial charge in [0, 0.05) is 24.8 Å². The van der Waals surface area contributed by atoms with Gasteiger partial charge in [-0.25, -0.2) is 14.8 Å². The number of carbonyl (C=O) groups excluding carboxylic acids is 1. The largest absolute Gasteiger partial charge is 0.462 e. The highest BCUT2D eigenvalue weighted by atomic mass is 16.5. The first kappa shape index (κ1) is 34.9. The summed E-state index contributed by atoms with van der Waals surface area (Å²) in [5.74, 6) is 0.682. The van der Waals surface area contributed by atoms with Gasteiger partial charge in [-0.3, -0.25) is 0 Å². The van der Waals surface area contributed by atoms with Crippen LogP contribution in [0.25, 0.3) is 22.5 Å². The Hall–Kier alpha value is -6.48. The number of benzene rings is 5. The van der Waals surface area contributed by atoms with Crippen molar-refractivity contribution in [2.75, 3.05) is 18.1 Å². The molecule has 0 N–H and O–H groups in total. The Balaban J connectivity index is 1.24. The molecule has 53 heavy (non-hydrogen) atoms. The van der Waals surface area contributed by atoms with Crippen molar-refractivity contribution in [1.82, 2.24) is 30.2 Å². The van der Waals surface area contributed by atoms with Gasteiger partial charge in [-0.05, 0) is 51.9 Å². The predicted octanol–water partition coefficient (Wildman–Crippen LogP) is 8.62. The molecule has 264 valence electrons. The summed E-state index contributed by atoms with van der Waals surface area (Å²) >= 11 is 0. The van der Waals surface area contributed by atoms with Gasteiger partial charge >= 0.3 is 5.97 Å². The summed E-state index contributed by atoms with van der Waals surface area (Å²) in [6, 6.07) is 47.6. The lowest BCUT2D eigenvalue weighted by Crippen LogP contribution is -2.39. The van der Waals surface area contributed by atoms with Crippen LogP contribution in [-0.4, -0.2) is 49.3 Å². The molecular weight excluding hydrogens is 659 g/mol. The SMILES string of the molecule is CCCCN(Cc1ccc(-c2ccccc2-c2nnn(C(c3ccccc3)(c3ccccc3)c3ccccc3)n2)cc1)c1ncncc1C(=O)OCC. The number of nitrogens with zero attached hydrogens (tertiary/aromatic N) is 7. The molecule has 0 spiro atoms. The molecule has 0 atom stereocenters. The number of anilines is 1. The van der Waals surface area contributed by atoms with Crippen LogP contribution in [0, 0.1) is 0 Å². The van der Waals surface area contributed by atoms with Crippen LogP contribution in [0.2, 0.25) is 0 Å². The number of aromatic nitrogens is 6. The summed E-state index contributed by atoms with van der Waals surface area (Å²) in [4.78, 5) is 25.3. The Bertz CT molecular complexity index is 2150. The van der Waals surface area contributed by atoms with Crippen molar-refractivity contribution in [2.45, 2.75) is 38.8 Å². The molecule has 0 amide bonds. The lowest BCUT2D eigenvalue weighted by atomic mass is 9.77. The minimum atomic E-state index is -0.869. The van der Waals surface area contributed by atoms with Crippen molar-refractivity contribution >= 4 is 11.8 Å². The summed E-state index contributed by atoms with van der Waals surface area (Å²) < 4.78 is 5.31. The molecule has 7 rings (SSSR count). The molecule has 0 aliphatic heterocycles. The third kappa shape index (κ3) is 7.19. The van der Waals surface area contributed by atoms with Gasteiger partial charge in [-0.2, -0.15) is 0 Å². The van der Waals surface area contributed by atoms with Crippen LogP contribution in [0.3, 0.4) is 0 Å². The van der Waals surface area contributed by atoms with Gasteiger partial charge in [0.05, 0.1) is 6.61 Å². The van der Waals surface area contributed by atoms with Crippen molar-refractivity contribution in [3.63, 3.8) is 0 Å². The molecule has 0 aliphatic carbocycles. The number of esters is 1. The highest BCUT2D eigenvalue weighted by Crippen LogP contribution is 2.40. The molecule has 0 aliphatic rings. The second-order valence-electron chi connectivity index (χ2n) is 12.7. The number of rotatable bonds is 14. The molecule has 7 aromatic rings. The molecule has 0 bridgehead atoms. The Morgan fingerprint density at radius 3 is 1.91 bits per heavy atom. The topological polar surface area (TPSA) is 98.9 Å². The third-order valence-electron chi connectivity index (χ3n) is 9.36. The average Bonchev–Trinajstić information content (AvgIpc) is 3.72. The van der Waals surface area contributed by atoms with E-state index in [1.54, 1.807) is 11.7 Å². The first-order valence-electron chi connectivity index (χ1n) is 18.0. The van der Waals surface area contributed by atoms with Crippen LogP contribution in [-0.2, 0) is 16.8 Å². The molecule has 9 heteroatoms. The Morgan fingerprint density at radius 1 is 0.736 bits per heavy atom. The third-order valence-corrected chi connectivity index (χ3v) is 9.36. The standard InChI is InChI=1S/C44H41N7O2/c1-3-5-29-50(42-40(30-45-32-46-42)43(52)53-4-2)31-33-25-27-34(28-26-33)38-23-15-16-24-39(38)41-47-49-51(48-41)44(35-17-9-6-10-18-35,36-19-11-7-12-20-36)37-21-13-8-14-22-37/h6-28,30,32H,3-5,29,31H2,1-2H3. The Kier molecular flexibility index (Phi) is 10.7. The van der Waals surface area contributed by atoms with E-state index in [9.17, 15) is 4.79 Å². The van der Waals surface area contributed by atoms with Gasteiger partial charge in [0.25, 0.3) is 0 Å². The summed E-state index contributed by atoms with van der Waals surface area (Å²) in [6.07, 6.45) is 4.97. The number of unbranched alkanes of at least 4 members (excludes halogenated alkanes) is 1. The van der Waals surface area contributed by atoms with Crippen LogP contribution >= 0.6 is 0 Å². The molecule has 0 saturated carbocycles. The van der Waals surface area contributed by atoms with Crippen molar-refractivity contribution in [3.8, 4) is 22.5 Å². The minimum Gasteiger partial charge on any atom is -0.462 e. The molecular formula is C44H41N7O2. The molecule has 5 aromatic carbocycles. The zero-order chi connectivity index (χ0) is 36.5. The molecule has 0 unspecified atom stereocenters. The highest BCUT2D eigenvalue weighted by molar-refractivity contribution is 5.94. The van der Waals surface area contributed by atoms with E-state index in [-0.39, 0.29) is 6.61 Å². The van der Waals surface area contributed by atoms with Crippen LogP contribution in [0.15, 0.2) is 152 Å². The number of hydrogen-bond donors (Lipinski definition) is 0. The van der Waals surface area contributed by atoms with E-state index >= 15 is 0 Å². The van der Waals surface area contributed by atoms with E-state index < -0.39 is 11.5 Å². The second-order valence-corrected chi connectivity index (χ2v) is 12.7. The molecule has 9 nitrogen and oxygen atoms in total. The van der Waals surface area contributed by atoms with Gasteiger partial charge in [-0.15, -0.1) is 15.0 Å². The van der Waals surface area contributed by atoms with Crippen LogP contribution < -0.4 is 4.90 Å². The maximum absolute atomic E-state index is 12.8. The van der Waals surface area contributed by atoms with E-state index in [2.05, 4.69) is 88.5 Å². The highest BCUT2D eigenvalue weighted by Gasteiger charge is 2.41. The van der Waals surface area contributed by atoms with Gasteiger partial charge in [0.1, 0.15) is 17.7 Å². The summed E-state index contributed by atoms with van der Waals surface area (Å²) in [5, 5.41) is 14.6. The quantitative estimate of drug-likeness (QED) is 0.0822. The number of hydrogen-bond acceptors (Lipinski definition) is 8. The monoisotopic (exact) mass is 699 g/mol. The smallest absolute Gasteiger partial charge is 0.343 e. The van der Waals surface area contributed by atoms with E-state index in [1.807, 2.05) is 72.8 Å². The first-order chi connectivity index (χ1) is 26.1. The molecule has 2 aromatic heterocycles. The van der Waals surface area contributed by atoms with E-state index in [0.717, 1.165) is 58.3 Å². The predicted molar refractivity (Wildman–Crippen MR) is 207 cm³/mol. The van der Waals surface area contributed by atoms with Crippen molar-refractivity contribution in [2.24, 2.45) is 0 Å². The lowest BCUT2D eigenvalue weighted by Gasteiger charge is -2.34. The van der Waals surface area contributed by atoms with Crippen LogP contribution in [0.4, 0.5) is 5.82 Å².